The van der Waals surface area contributed by atoms with Gasteiger partial charge in [-0.1, -0.05) is 0 Å². The molecule has 0 unspecified atom stereocenters. The van der Waals surface area contributed by atoms with Gasteiger partial charge in [-0.15, -0.1) is 0 Å². The quantitative estimate of drug-likeness (QED) is 0.844. The van der Waals surface area contributed by atoms with Gasteiger partial charge in [-0.3, -0.25) is 0 Å². The first-order valence-electron chi connectivity index (χ1n) is 6.03. The first-order valence-corrected chi connectivity index (χ1v) is 7.52. The van der Waals surface area contributed by atoms with Crippen molar-refractivity contribution in [1.82, 2.24) is 4.72 Å². The number of nitrogens with one attached hydrogen (secondary N) is 1. The summed E-state index contributed by atoms with van der Waals surface area (Å²) in [6.07, 6.45) is 1.97. The number of nitrogens with two attached hydrogens (primary N) is 1. The minimum absolute atomic E-state index is 0.00112. The molecular formula is C13H15FN2O3S. The van der Waals surface area contributed by atoms with E-state index < -0.39 is 15.8 Å². The lowest BCUT2D eigenvalue weighted by Gasteiger charge is -2.08. The molecule has 1 aromatic heterocycles. The minimum Gasteiger partial charge on any atom is -0.469 e. The van der Waals surface area contributed by atoms with E-state index >= 15 is 0 Å². The first kappa shape index (κ1) is 14.7. The van der Waals surface area contributed by atoms with E-state index in [4.69, 9.17) is 10.2 Å². The third-order valence-corrected chi connectivity index (χ3v) is 4.25. The van der Waals surface area contributed by atoms with E-state index in [-0.39, 0.29) is 23.5 Å². The zero-order valence-corrected chi connectivity index (χ0v) is 11.5. The Morgan fingerprint density at radius 3 is 2.75 bits per heavy atom. The second kappa shape index (κ2) is 6.17. The Morgan fingerprint density at radius 1 is 1.30 bits per heavy atom. The van der Waals surface area contributed by atoms with Crippen LogP contribution in [-0.2, 0) is 23.0 Å². The normalized spacial score (nSPS) is 11.7. The Labute approximate surface area is 116 Å². The molecule has 20 heavy (non-hydrogen) atoms. The molecule has 7 heteroatoms. The molecular weight excluding hydrogens is 283 g/mol. The van der Waals surface area contributed by atoms with Gasteiger partial charge in [0.2, 0.25) is 10.0 Å². The maximum Gasteiger partial charge on any atom is 0.240 e. The van der Waals surface area contributed by atoms with Crippen LogP contribution < -0.4 is 10.5 Å². The van der Waals surface area contributed by atoms with Gasteiger partial charge in [-0.05, 0) is 30.3 Å². The molecule has 0 aliphatic heterocycles. The molecule has 0 bridgehead atoms. The van der Waals surface area contributed by atoms with Gasteiger partial charge in [0.1, 0.15) is 11.6 Å². The van der Waals surface area contributed by atoms with Gasteiger partial charge in [0.05, 0.1) is 11.2 Å². The topological polar surface area (TPSA) is 85.3 Å². The predicted octanol–water partition coefficient (Wildman–Crippen LogP) is 1.40. The number of rotatable bonds is 6. The van der Waals surface area contributed by atoms with Gasteiger partial charge in [0.15, 0.2) is 0 Å². The van der Waals surface area contributed by atoms with Crippen LogP contribution in [-0.4, -0.2) is 15.0 Å². The summed E-state index contributed by atoms with van der Waals surface area (Å²) in [7, 11) is -3.68. The maximum absolute atomic E-state index is 13.3. The van der Waals surface area contributed by atoms with Crippen molar-refractivity contribution in [2.75, 3.05) is 6.54 Å². The largest absolute Gasteiger partial charge is 0.469 e. The fourth-order valence-electron chi connectivity index (χ4n) is 1.72. The van der Waals surface area contributed by atoms with Crippen molar-refractivity contribution in [2.45, 2.75) is 17.9 Å². The van der Waals surface area contributed by atoms with E-state index in [2.05, 4.69) is 4.72 Å². The summed E-state index contributed by atoms with van der Waals surface area (Å²) in [5.41, 5.74) is 5.53. The fraction of sp³-hybridized carbons (Fsp3) is 0.231. The molecule has 1 aromatic carbocycles. The van der Waals surface area contributed by atoms with Crippen molar-refractivity contribution in [3.63, 3.8) is 0 Å². The summed E-state index contributed by atoms with van der Waals surface area (Å²) in [6.45, 7) is 0.146. The van der Waals surface area contributed by atoms with Crippen LogP contribution >= 0.6 is 0 Å². The van der Waals surface area contributed by atoms with Gasteiger partial charge in [-0.25, -0.2) is 17.5 Å². The summed E-state index contributed by atoms with van der Waals surface area (Å²) in [5, 5.41) is 0. The van der Waals surface area contributed by atoms with Crippen LogP contribution in [0.2, 0.25) is 0 Å². The van der Waals surface area contributed by atoms with E-state index in [9.17, 15) is 12.8 Å². The highest BCUT2D eigenvalue weighted by molar-refractivity contribution is 7.89. The molecule has 0 saturated heterocycles. The number of benzene rings is 1. The molecule has 108 valence electrons. The molecule has 1 heterocycles. The molecule has 0 aliphatic carbocycles. The van der Waals surface area contributed by atoms with E-state index in [1.807, 2.05) is 0 Å². The first-order chi connectivity index (χ1) is 9.53. The molecule has 0 amide bonds. The second-order valence-corrected chi connectivity index (χ2v) is 5.95. The van der Waals surface area contributed by atoms with Crippen molar-refractivity contribution in [1.29, 1.82) is 0 Å². The van der Waals surface area contributed by atoms with E-state index in [0.29, 0.717) is 12.2 Å². The number of furan rings is 1. The molecule has 0 spiro atoms. The Hall–Kier alpha value is -1.70. The lowest BCUT2D eigenvalue weighted by molar-refractivity contribution is 0.506. The van der Waals surface area contributed by atoms with Crippen LogP contribution in [0.5, 0.6) is 0 Å². The van der Waals surface area contributed by atoms with Crippen LogP contribution in [0.15, 0.2) is 45.9 Å². The molecule has 3 N–H and O–H groups in total. The smallest absolute Gasteiger partial charge is 0.240 e. The van der Waals surface area contributed by atoms with Crippen LogP contribution in [0.4, 0.5) is 4.39 Å². The Morgan fingerprint density at radius 2 is 2.10 bits per heavy atom. The third kappa shape index (κ3) is 3.44. The highest BCUT2D eigenvalue weighted by Gasteiger charge is 2.15. The zero-order chi connectivity index (χ0) is 14.6. The van der Waals surface area contributed by atoms with Crippen LogP contribution in [0, 0.1) is 5.82 Å². The zero-order valence-electron chi connectivity index (χ0n) is 10.7. The minimum atomic E-state index is -3.68. The average Bonchev–Trinajstić information content (AvgIpc) is 2.92. The number of hydrogen-bond acceptors (Lipinski definition) is 4. The Balaban J connectivity index is 2.06. The van der Waals surface area contributed by atoms with Gasteiger partial charge >= 0.3 is 0 Å². The van der Waals surface area contributed by atoms with Crippen molar-refractivity contribution >= 4 is 10.0 Å². The monoisotopic (exact) mass is 298 g/mol. The molecule has 2 rings (SSSR count). The van der Waals surface area contributed by atoms with Crippen LogP contribution in [0.1, 0.15) is 11.3 Å². The van der Waals surface area contributed by atoms with Gasteiger partial charge in [0.25, 0.3) is 0 Å². The third-order valence-electron chi connectivity index (χ3n) is 2.79. The van der Waals surface area contributed by atoms with E-state index in [0.717, 1.165) is 6.07 Å². The molecule has 0 fully saturated rings. The number of hydrogen-bond donors (Lipinski definition) is 2. The molecule has 0 aliphatic rings. The summed E-state index contributed by atoms with van der Waals surface area (Å²) >= 11 is 0. The lowest BCUT2D eigenvalue weighted by atomic mass is 10.2. The Kier molecular flexibility index (Phi) is 4.53. The number of sulfonamides is 1. The van der Waals surface area contributed by atoms with Gasteiger partial charge in [-0.2, -0.15) is 0 Å². The highest BCUT2D eigenvalue weighted by Crippen LogP contribution is 2.14. The van der Waals surface area contributed by atoms with Crippen molar-refractivity contribution in [3.05, 3.63) is 53.7 Å². The molecule has 0 radical (unpaired) electrons. The van der Waals surface area contributed by atoms with Gasteiger partial charge in [0, 0.05) is 25.1 Å². The number of halogens is 1. The van der Waals surface area contributed by atoms with Crippen LogP contribution in [0.3, 0.4) is 0 Å². The average molecular weight is 298 g/mol. The predicted molar refractivity (Wildman–Crippen MR) is 71.9 cm³/mol. The maximum atomic E-state index is 13.3. The summed E-state index contributed by atoms with van der Waals surface area (Å²) in [4.78, 5) is -0.00112. The van der Waals surface area contributed by atoms with E-state index in [1.54, 1.807) is 12.1 Å². The summed E-state index contributed by atoms with van der Waals surface area (Å²) < 4.78 is 44.9. The molecule has 5 nitrogen and oxygen atoms in total. The van der Waals surface area contributed by atoms with E-state index in [1.165, 1.54) is 18.4 Å². The SMILES string of the molecule is NCc1cc(S(=O)(=O)NCCc2ccco2)ccc1F. The molecule has 2 aromatic rings. The van der Waals surface area contributed by atoms with Crippen molar-refractivity contribution in [2.24, 2.45) is 5.73 Å². The Bertz CT molecular complexity index is 669. The van der Waals surface area contributed by atoms with Crippen molar-refractivity contribution in [3.8, 4) is 0 Å². The standard InChI is InChI=1S/C13H15FN2O3S/c14-13-4-3-12(8-10(13)9-15)20(17,18)16-6-5-11-2-1-7-19-11/h1-4,7-8,16H,5-6,9,15H2. The molecule has 0 saturated carbocycles. The van der Waals surface area contributed by atoms with Gasteiger partial charge < -0.3 is 10.2 Å². The lowest BCUT2D eigenvalue weighted by Crippen LogP contribution is -2.26. The summed E-state index contributed by atoms with van der Waals surface area (Å²) in [6, 6.07) is 7.05. The molecule has 0 atom stereocenters. The van der Waals surface area contributed by atoms with Crippen molar-refractivity contribution < 1.29 is 17.2 Å². The highest BCUT2D eigenvalue weighted by atomic mass is 32.2. The summed E-state index contributed by atoms with van der Waals surface area (Å²) in [5.74, 6) is 0.177. The fourth-order valence-corrected chi connectivity index (χ4v) is 2.80. The van der Waals surface area contributed by atoms with Crippen LogP contribution in [0.25, 0.3) is 0 Å². The second-order valence-electron chi connectivity index (χ2n) is 4.18.